The molecule has 1 fully saturated rings. The number of nitrogens with zero attached hydrogens (tertiary/aromatic N) is 1. The molecule has 1 aliphatic rings. The van der Waals surface area contributed by atoms with E-state index < -0.39 is 16.0 Å². The SMILES string of the molecule is CCC(CC(=O)O)NC(=O)C1CCN(S(C)(=O)=O)CC1. The number of carboxylic acid groups (broad SMARTS) is 1. The average molecular weight is 306 g/mol. The van der Waals surface area contributed by atoms with Crippen LogP contribution in [0.4, 0.5) is 0 Å². The Morgan fingerprint density at radius 1 is 1.35 bits per heavy atom. The molecule has 0 spiro atoms. The minimum atomic E-state index is -3.19. The Morgan fingerprint density at radius 2 is 1.90 bits per heavy atom. The molecule has 8 heteroatoms. The number of rotatable bonds is 6. The molecule has 7 nitrogen and oxygen atoms in total. The van der Waals surface area contributed by atoms with E-state index in [9.17, 15) is 18.0 Å². The van der Waals surface area contributed by atoms with E-state index in [2.05, 4.69) is 5.32 Å². The van der Waals surface area contributed by atoms with E-state index in [1.54, 1.807) is 0 Å². The normalized spacial score (nSPS) is 19.5. The van der Waals surface area contributed by atoms with Crippen molar-refractivity contribution in [3.05, 3.63) is 0 Å². The van der Waals surface area contributed by atoms with Crippen LogP contribution in [0.5, 0.6) is 0 Å². The minimum absolute atomic E-state index is 0.0928. The van der Waals surface area contributed by atoms with Crippen molar-refractivity contribution < 1.29 is 23.1 Å². The molecule has 0 aromatic heterocycles. The summed E-state index contributed by atoms with van der Waals surface area (Å²) in [7, 11) is -3.19. The second kappa shape index (κ2) is 7.03. The quantitative estimate of drug-likeness (QED) is 0.720. The fraction of sp³-hybridized carbons (Fsp3) is 0.833. The molecule has 1 saturated heterocycles. The first-order valence-corrected chi connectivity index (χ1v) is 8.56. The molecule has 1 unspecified atom stereocenters. The van der Waals surface area contributed by atoms with Gasteiger partial charge in [0.1, 0.15) is 0 Å². The highest BCUT2D eigenvalue weighted by Crippen LogP contribution is 2.19. The van der Waals surface area contributed by atoms with Crippen molar-refractivity contribution in [3.63, 3.8) is 0 Å². The van der Waals surface area contributed by atoms with E-state index in [1.807, 2.05) is 6.92 Å². The van der Waals surface area contributed by atoms with Gasteiger partial charge in [0.25, 0.3) is 0 Å². The lowest BCUT2D eigenvalue weighted by Gasteiger charge is -2.30. The van der Waals surface area contributed by atoms with Crippen LogP contribution in [0, 0.1) is 5.92 Å². The summed E-state index contributed by atoms with van der Waals surface area (Å²) >= 11 is 0. The summed E-state index contributed by atoms with van der Waals surface area (Å²) in [5.74, 6) is -1.36. The van der Waals surface area contributed by atoms with Crippen molar-refractivity contribution in [2.24, 2.45) is 5.92 Å². The molecule has 0 aromatic carbocycles. The molecule has 0 saturated carbocycles. The molecule has 0 radical (unpaired) electrons. The maximum Gasteiger partial charge on any atom is 0.305 e. The molecular formula is C12H22N2O5S. The van der Waals surface area contributed by atoms with Gasteiger partial charge in [0.15, 0.2) is 0 Å². The van der Waals surface area contributed by atoms with E-state index in [0.29, 0.717) is 32.4 Å². The third-order valence-electron chi connectivity index (χ3n) is 3.55. The molecule has 1 rings (SSSR count). The van der Waals surface area contributed by atoms with Crippen LogP contribution in [-0.4, -0.2) is 55.1 Å². The van der Waals surface area contributed by atoms with Gasteiger partial charge in [0.2, 0.25) is 15.9 Å². The van der Waals surface area contributed by atoms with Crippen molar-refractivity contribution in [1.29, 1.82) is 0 Å². The Labute approximate surface area is 119 Å². The van der Waals surface area contributed by atoms with Crippen LogP contribution in [0.25, 0.3) is 0 Å². The number of amides is 1. The van der Waals surface area contributed by atoms with Crippen LogP contribution in [0.15, 0.2) is 0 Å². The van der Waals surface area contributed by atoms with Crippen molar-refractivity contribution in [2.45, 2.75) is 38.6 Å². The second-order valence-corrected chi connectivity index (χ2v) is 7.13. The fourth-order valence-corrected chi connectivity index (χ4v) is 3.15. The van der Waals surface area contributed by atoms with Gasteiger partial charge >= 0.3 is 5.97 Å². The van der Waals surface area contributed by atoms with Crippen LogP contribution in [0.3, 0.4) is 0 Å². The Morgan fingerprint density at radius 3 is 2.30 bits per heavy atom. The molecule has 2 N–H and O–H groups in total. The molecule has 0 bridgehead atoms. The van der Waals surface area contributed by atoms with Crippen molar-refractivity contribution in [1.82, 2.24) is 9.62 Å². The van der Waals surface area contributed by atoms with Gasteiger partial charge in [0.05, 0.1) is 12.7 Å². The number of carbonyl (C=O) groups is 2. The monoisotopic (exact) mass is 306 g/mol. The molecule has 20 heavy (non-hydrogen) atoms. The number of sulfonamides is 1. The highest BCUT2D eigenvalue weighted by atomic mass is 32.2. The van der Waals surface area contributed by atoms with Gasteiger partial charge in [-0.15, -0.1) is 0 Å². The van der Waals surface area contributed by atoms with Gasteiger partial charge in [-0.1, -0.05) is 6.92 Å². The molecule has 116 valence electrons. The Kier molecular flexibility index (Phi) is 5.94. The van der Waals surface area contributed by atoms with Crippen LogP contribution >= 0.6 is 0 Å². The van der Waals surface area contributed by atoms with Crippen LogP contribution in [-0.2, 0) is 19.6 Å². The van der Waals surface area contributed by atoms with E-state index in [4.69, 9.17) is 5.11 Å². The zero-order chi connectivity index (χ0) is 15.3. The number of carboxylic acids is 1. The molecule has 0 aromatic rings. The zero-order valence-electron chi connectivity index (χ0n) is 11.8. The number of hydrogen-bond acceptors (Lipinski definition) is 4. The average Bonchev–Trinajstić information content (AvgIpc) is 2.36. The Hall–Kier alpha value is -1.15. The molecule has 1 heterocycles. The van der Waals surface area contributed by atoms with Gasteiger partial charge in [-0.2, -0.15) is 0 Å². The lowest BCUT2D eigenvalue weighted by molar-refractivity contribution is -0.138. The van der Waals surface area contributed by atoms with Crippen LogP contribution in [0.1, 0.15) is 32.6 Å². The predicted molar refractivity (Wildman–Crippen MR) is 73.6 cm³/mol. The van der Waals surface area contributed by atoms with Crippen LogP contribution in [0.2, 0.25) is 0 Å². The third-order valence-corrected chi connectivity index (χ3v) is 4.86. The first-order chi connectivity index (χ1) is 9.24. The van der Waals surface area contributed by atoms with E-state index in [-0.39, 0.29) is 24.3 Å². The van der Waals surface area contributed by atoms with E-state index >= 15 is 0 Å². The van der Waals surface area contributed by atoms with E-state index in [1.165, 1.54) is 4.31 Å². The van der Waals surface area contributed by atoms with Gasteiger partial charge in [-0.05, 0) is 19.3 Å². The number of nitrogens with one attached hydrogen (secondary N) is 1. The third kappa shape index (κ3) is 5.09. The highest BCUT2D eigenvalue weighted by molar-refractivity contribution is 7.88. The number of carbonyl (C=O) groups excluding carboxylic acids is 1. The maximum atomic E-state index is 12.0. The molecular weight excluding hydrogens is 284 g/mol. The number of aliphatic carboxylic acids is 1. The topological polar surface area (TPSA) is 104 Å². The van der Waals surface area contributed by atoms with Gasteiger partial charge in [0, 0.05) is 25.0 Å². The van der Waals surface area contributed by atoms with Crippen LogP contribution < -0.4 is 5.32 Å². The first kappa shape index (κ1) is 16.9. The standard InChI is InChI=1S/C12H22N2O5S/c1-3-10(8-11(15)16)13-12(17)9-4-6-14(7-5-9)20(2,18)19/h9-10H,3-8H2,1-2H3,(H,13,17)(H,15,16). The van der Waals surface area contributed by atoms with Crippen molar-refractivity contribution >= 4 is 21.9 Å². The minimum Gasteiger partial charge on any atom is -0.481 e. The van der Waals surface area contributed by atoms with Gasteiger partial charge in [-0.25, -0.2) is 12.7 Å². The highest BCUT2D eigenvalue weighted by Gasteiger charge is 2.29. The van der Waals surface area contributed by atoms with Gasteiger partial charge in [-0.3, -0.25) is 9.59 Å². The van der Waals surface area contributed by atoms with Crippen molar-refractivity contribution in [3.8, 4) is 0 Å². The second-order valence-electron chi connectivity index (χ2n) is 5.15. The number of hydrogen-bond donors (Lipinski definition) is 2. The molecule has 1 amide bonds. The summed E-state index contributed by atoms with van der Waals surface area (Å²) in [5.41, 5.74) is 0. The number of piperidine rings is 1. The summed E-state index contributed by atoms with van der Waals surface area (Å²) in [5, 5.41) is 11.5. The van der Waals surface area contributed by atoms with E-state index in [0.717, 1.165) is 6.26 Å². The largest absolute Gasteiger partial charge is 0.481 e. The van der Waals surface area contributed by atoms with Crippen molar-refractivity contribution in [2.75, 3.05) is 19.3 Å². The summed E-state index contributed by atoms with van der Waals surface area (Å²) < 4.78 is 24.1. The predicted octanol–water partition coefficient (Wildman–Crippen LogP) is 0.0275. The molecule has 1 atom stereocenters. The maximum absolute atomic E-state index is 12.0. The lowest BCUT2D eigenvalue weighted by Crippen LogP contribution is -2.45. The van der Waals surface area contributed by atoms with Gasteiger partial charge < -0.3 is 10.4 Å². The summed E-state index contributed by atoms with van der Waals surface area (Å²) in [6.07, 6.45) is 2.57. The Bertz CT molecular complexity index is 454. The zero-order valence-corrected chi connectivity index (χ0v) is 12.6. The summed E-state index contributed by atoms with van der Waals surface area (Å²) in [6, 6.07) is -0.368. The Balaban J connectivity index is 2.48. The smallest absolute Gasteiger partial charge is 0.305 e. The lowest BCUT2D eigenvalue weighted by atomic mass is 9.96. The fourth-order valence-electron chi connectivity index (χ4n) is 2.28. The first-order valence-electron chi connectivity index (χ1n) is 6.71. The summed E-state index contributed by atoms with van der Waals surface area (Å²) in [6.45, 7) is 2.50. The molecule has 0 aliphatic carbocycles. The summed E-state index contributed by atoms with van der Waals surface area (Å²) in [4.78, 5) is 22.7. The molecule has 1 aliphatic heterocycles.